The van der Waals surface area contributed by atoms with Crippen molar-refractivity contribution >= 4 is 17.4 Å². The second-order valence-electron chi connectivity index (χ2n) is 6.37. The van der Waals surface area contributed by atoms with Gasteiger partial charge in [-0.05, 0) is 24.8 Å². The quantitative estimate of drug-likeness (QED) is 0.898. The molecule has 1 aromatic rings. The van der Waals surface area contributed by atoms with Crippen molar-refractivity contribution in [3.05, 3.63) is 17.8 Å². The Hall–Kier alpha value is -1.83. The third-order valence-corrected chi connectivity index (χ3v) is 4.67. The molecule has 5 nitrogen and oxygen atoms in total. The van der Waals surface area contributed by atoms with Crippen LogP contribution in [0.15, 0.2) is 12.3 Å². The zero-order valence-corrected chi connectivity index (χ0v) is 12.4. The fourth-order valence-corrected chi connectivity index (χ4v) is 3.24. The number of piperazine rings is 1. The number of halogens is 3. The molecule has 1 amide bonds. The first-order chi connectivity index (χ1) is 10.9. The van der Waals surface area contributed by atoms with E-state index in [4.69, 9.17) is 0 Å². The zero-order chi connectivity index (χ0) is 16.2. The number of hydrogen-bond donors (Lipinski definition) is 1. The molecular formula is C15H17F3N4O. The molecule has 1 atom stereocenters. The third kappa shape index (κ3) is 2.54. The van der Waals surface area contributed by atoms with E-state index in [9.17, 15) is 18.0 Å². The van der Waals surface area contributed by atoms with Crippen LogP contribution in [-0.2, 0) is 11.0 Å². The van der Waals surface area contributed by atoms with Crippen molar-refractivity contribution in [3.63, 3.8) is 0 Å². The average Bonchev–Trinajstić information content (AvgIpc) is 3.34. The van der Waals surface area contributed by atoms with Crippen molar-refractivity contribution in [3.8, 4) is 0 Å². The van der Waals surface area contributed by atoms with Gasteiger partial charge >= 0.3 is 6.18 Å². The minimum Gasteiger partial charge on any atom is -0.340 e. The van der Waals surface area contributed by atoms with E-state index in [0.717, 1.165) is 25.1 Å². The number of nitrogens with one attached hydrogen (secondary N) is 1. The lowest BCUT2D eigenvalue weighted by Crippen LogP contribution is -2.62. The van der Waals surface area contributed by atoms with Gasteiger partial charge in [0.05, 0.1) is 11.3 Å². The maximum Gasteiger partial charge on any atom is 0.417 e. The highest BCUT2D eigenvalue weighted by Crippen LogP contribution is 2.41. The van der Waals surface area contributed by atoms with Gasteiger partial charge in [0.25, 0.3) is 5.91 Å². The van der Waals surface area contributed by atoms with Gasteiger partial charge < -0.3 is 15.1 Å². The molecule has 0 aromatic carbocycles. The Morgan fingerprint density at radius 2 is 2.13 bits per heavy atom. The van der Waals surface area contributed by atoms with E-state index in [1.54, 1.807) is 0 Å². The summed E-state index contributed by atoms with van der Waals surface area (Å²) >= 11 is 0. The molecule has 8 heteroatoms. The highest BCUT2D eigenvalue weighted by Gasteiger charge is 2.43. The Kier molecular flexibility index (Phi) is 3.26. The molecule has 124 valence electrons. The van der Waals surface area contributed by atoms with Crippen LogP contribution in [0.5, 0.6) is 0 Å². The van der Waals surface area contributed by atoms with Gasteiger partial charge in [0.15, 0.2) is 5.82 Å². The first-order valence-corrected chi connectivity index (χ1v) is 7.81. The number of nitrogens with zero attached hydrogens (tertiary/aromatic N) is 3. The van der Waals surface area contributed by atoms with Gasteiger partial charge in [-0.3, -0.25) is 4.79 Å². The molecule has 23 heavy (non-hydrogen) atoms. The third-order valence-electron chi connectivity index (χ3n) is 4.67. The topological polar surface area (TPSA) is 48.5 Å². The van der Waals surface area contributed by atoms with Crippen LogP contribution in [0.2, 0.25) is 0 Å². The zero-order valence-electron chi connectivity index (χ0n) is 12.4. The van der Waals surface area contributed by atoms with Gasteiger partial charge in [-0.25, -0.2) is 4.98 Å². The molecule has 0 unspecified atom stereocenters. The lowest BCUT2D eigenvalue weighted by atomic mass is 10.0. The van der Waals surface area contributed by atoms with Crippen molar-refractivity contribution in [1.29, 1.82) is 0 Å². The van der Waals surface area contributed by atoms with E-state index in [1.807, 2.05) is 4.90 Å². The van der Waals surface area contributed by atoms with Crippen LogP contribution in [-0.4, -0.2) is 43.1 Å². The van der Waals surface area contributed by atoms with Gasteiger partial charge in [-0.2, -0.15) is 13.2 Å². The Bertz CT molecular complexity index is 644. The molecule has 0 bridgehead atoms. The molecule has 2 fully saturated rings. The predicted molar refractivity (Wildman–Crippen MR) is 78.3 cm³/mol. The summed E-state index contributed by atoms with van der Waals surface area (Å²) in [6.45, 7) is 2.24. The monoisotopic (exact) mass is 326 g/mol. The highest BCUT2D eigenvalue weighted by atomic mass is 19.4. The molecule has 0 radical (unpaired) electrons. The van der Waals surface area contributed by atoms with Crippen molar-refractivity contribution < 1.29 is 18.0 Å². The van der Waals surface area contributed by atoms with Crippen molar-refractivity contribution in [1.82, 2.24) is 10.3 Å². The summed E-state index contributed by atoms with van der Waals surface area (Å²) in [6.07, 6.45) is -1.55. The normalized spacial score (nSPS) is 24.5. The fourth-order valence-electron chi connectivity index (χ4n) is 3.24. The summed E-state index contributed by atoms with van der Waals surface area (Å²) in [5.41, 5.74) is -0.506. The van der Waals surface area contributed by atoms with Crippen LogP contribution in [0.25, 0.3) is 0 Å². The largest absolute Gasteiger partial charge is 0.417 e. The molecule has 4 rings (SSSR count). The summed E-state index contributed by atoms with van der Waals surface area (Å²) in [4.78, 5) is 20.2. The van der Waals surface area contributed by atoms with E-state index in [1.165, 1.54) is 4.90 Å². The van der Waals surface area contributed by atoms with Gasteiger partial charge in [-0.15, -0.1) is 0 Å². The van der Waals surface area contributed by atoms with E-state index < -0.39 is 11.7 Å². The molecular weight excluding hydrogens is 309 g/mol. The van der Waals surface area contributed by atoms with Gasteiger partial charge in [0.2, 0.25) is 0 Å². The molecule has 3 aliphatic rings. The highest BCUT2D eigenvalue weighted by molar-refractivity contribution is 6.05. The number of hydrogen-bond acceptors (Lipinski definition) is 4. The molecule has 1 aliphatic carbocycles. The minimum atomic E-state index is -4.46. The fraction of sp³-hybridized carbons (Fsp3) is 0.600. The van der Waals surface area contributed by atoms with Crippen LogP contribution < -0.4 is 15.1 Å². The van der Waals surface area contributed by atoms with E-state index >= 15 is 0 Å². The molecule has 1 N–H and O–H groups in total. The Balaban J connectivity index is 1.79. The van der Waals surface area contributed by atoms with Crippen LogP contribution in [0.3, 0.4) is 0 Å². The summed E-state index contributed by atoms with van der Waals surface area (Å²) < 4.78 is 39.1. The van der Waals surface area contributed by atoms with Gasteiger partial charge in [-0.1, -0.05) is 0 Å². The molecule has 1 saturated heterocycles. The number of amides is 1. The van der Waals surface area contributed by atoms with Crippen molar-refractivity contribution in [2.24, 2.45) is 5.92 Å². The number of pyridine rings is 1. The standard InChI is InChI=1S/C15H17F3N4O/c16-15(17,18)10-5-11-13(20-6-10)21-4-3-19-7-12(21)14(23)22(11)8-9-1-2-9/h5-6,9,12,19H,1-4,7-8H2/t12-/m1/s1. The molecule has 1 aromatic heterocycles. The second kappa shape index (κ2) is 5.09. The minimum absolute atomic E-state index is 0.127. The maximum absolute atomic E-state index is 13.0. The van der Waals surface area contributed by atoms with Crippen molar-refractivity contribution in [2.75, 3.05) is 36.0 Å². The lowest BCUT2D eigenvalue weighted by Gasteiger charge is -2.44. The van der Waals surface area contributed by atoms with Crippen LogP contribution >= 0.6 is 0 Å². The SMILES string of the molecule is O=C1[C@H]2CNCCN2c2ncc(C(F)(F)F)cc2N1CC1CC1. The number of anilines is 2. The second-order valence-corrected chi connectivity index (χ2v) is 6.37. The van der Waals surface area contributed by atoms with Gasteiger partial charge in [0, 0.05) is 32.4 Å². The molecule has 2 aliphatic heterocycles. The van der Waals surface area contributed by atoms with Crippen LogP contribution in [0.1, 0.15) is 18.4 Å². The lowest BCUT2D eigenvalue weighted by molar-refractivity contribution is -0.137. The number of rotatable bonds is 2. The van der Waals surface area contributed by atoms with Crippen molar-refractivity contribution in [2.45, 2.75) is 25.1 Å². The number of aromatic nitrogens is 1. The summed E-state index contributed by atoms with van der Waals surface area (Å²) in [5.74, 6) is 0.756. The van der Waals surface area contributed by atoms with Gasteiger partial charge in [0.1, 0.15) is 6.04 Å². The number of carbonyl (C=O) groups is 1. The molecule has 0 spiro atoms. The predicted octanol–water partition coefficient (Wildman–Crippen LogP) is 1.64. The van der Waals surface area contributed by atoms with E-state index in [0.29, 0.717) is 43.6 Å². The van der Waals surface area contributed by atoms with Crippen LogP contribution in [0.4, 0.5) is 24.7 Å². The summed E-state index contributed by atoms with van der Waals surface area (Å²) in [7, 11) is 0. The average molecular weight is 326 g/mol. The summed E-state index contributed by atoms with van der Waals surface area (Å²) in [6, 6.07) is 0.695. The Labute approximate surface area is 131 Å². The molecule has 3 heterocycles. The van der Waals surface area contributed by atoms with Crippen LogP contribution in [0, 0.1) is 5.92 Å². The van der Waals surface area contributed by atoms with E-state index in [2.05, 4.69) is 10.3 Å². The number of fused-ring (bicyclic) bond motifs is 3. The number of carbonyl (C=O) groups excluding carboxylic acids is 1. The van der Waals surface area contributed by atoms with E-state index in [-0.39, 0.29) is 11.9 Å². The number of alkyl halides is 3. The Morgan fingerprint density at radius 3 is 2.83 bits per heavy atom. The summed E-state index contributed by atoms with van der Waals surface area (Å²) in [5, 5.41) is 3.17. The maximum atomic E-state index is 13.0. The smallest absolute Gasteiger partial charge is 0.340 e. The first kappa shape index (κ1) is 14.7. The first-order valence-electron chi connectivity index (χ1n) is 7.81. The molecule has 1 saturated carbocycles. The Morgan fingerprint density at radius 1 is 1.35 bits per heavy atom.